The van der Waals surface area contributed by atoms with Crippen molar-refractivity contribution < 1.29 is 0 Å². The molecule has 0 fully saturated rings. The molecule has 4 heteroatoms. The molecule has 0 aliphatic heterocycles. The summed E-state index contributed by atoms with van der Waals surface area (Å²) in [5, 5.41) is 6.00. The second-order valence-corrected chi connectivity index (χ2v) is 16.1. The number of allylic oxidation sites excluding steroid dienone is 4. The zero-order valence-corrected chi connectivity index (χ0v) is 31.8. The van der Waals surface area contributed by atoms with Gasteiger partial charge in [0, 0.05) is 48.9 Å². The van der Waals surface area contributed by atoms with Gasteiger partial charge in [-0.25, -0.2) is 9.97 Å². The van der Waals surface area contributed by atoms with E-state index in [0.29, 0.717) is 12.0 Å². The van der Waals surface area contributed by atoms with Gasteiger partial charge in [-0.1, -0.05) is 141 Å². The van der Waals surface area contributed by atoms with Crippen LogP contribution in [0.3, 0.4) is 0 Å². The fourth-order valence-corrected chi connectivity index (χ4v) is 9.89. The highest BCUT2D eigenvalue weighted by molar-refractivity contribution is 6.14. The Balaban J connectivity index is 1.12. The smallest absolute Gasteiger partial charge is 0.235 e. The lowest BCUT2D eigenvalue weighted by Crippen LogP contribution is -2.15. The molecular formula is C53H38N4. The fourth-order valence-electron chi connectivity index (χ4n) is 9.89. The molecule has 270 valence electrons. The average molecular weight is 731 g/mol. The van der Waals surface area contributed by atoms with Gasteiger partial charge in [0.05, 0.1) is 28.3 Å². The van der Waals surface area contributed by atoms with Crippen LogP contribution >= 0.6 is 0 Å². The van der Waals surface area contributed by atoms with E-state index in [1.165, 1.54) is 66.0 Å². The van der Waals surface area contributed by atoms with Gasteiger partial charge in [-0.15, -0.1) is 0 Å². The molecule has 1 atom stereocenters. The van der Waals surface area contributed by atoms with Crippen molar-refractivity contribution in [2.75, 3.05) is 0 Å². The van der Waals surface area contributed by atoms with Gasteiger partial charge in [0.1, 0.15) is 0 Å². The third-order valence-electron chi connectivity index (χ3n) is 12.6. The molecule has 4 nitrogen and oxygen atoms in total. The van der Waals surface area contributed by atoms with Crippen LogP contribution < -0.4 is 0 Å². The summed E-state index contributed by atoms with van der Waals surface area (Å²) in [6.45, 7) is 4.70. The van der Waals surface area contributed by atoms with Gasteiger partial charge < -0.3 is 4.57 Å². The molecule has 12 rings (SSSR count). The SMILES string of the molecule is CC1(C)c2ccccc2-c2cc3c4cc(-c5ccc6c(c5)c5ccccc5n6C5C=CC=CC5)ccc4n(-c4nc(-c5ccccc5)c5ccccc5n4)c3cc21. The van der Waals surface area contributed by atoms with Crippen LogP contribution in [0.1, 0.15) is 37.4 Å². The Kier molecular flexibility index (Phi) is 6.77. The van der Waals surface area contributed by atoms with Crippen LogP contribution in [0, 0.1) is 0 Å². The first-order valence-corrected chi connectivity index (χ1v) is 19.9. The van der Waals surface area contributed by atoms with E-state index in [1.807, 2.05) is 0 Å². The summed E-state index contributed by atoms with van der Waals surface area (Å²) in [6, 6.07) is 55.7. The maximum Gasteiger partial charge on any atom is 0.235 e. The highest BCUT2D eigenvalue weighted by atomic mass is 15.2. The van der Waals surface area contributed by atoms with Gasteiger partial charge in [0.2, 0.25) is 5.95 Å². The van der Waals surface area contributed by atoms with Crippen molar-refractivity contribution in [2.45, 2.75) is 31.7 Å². The molecule has 0 spiro atoms. The van der Waals surface area contributed by atoms with Crippen molar-refractivity contribution in [2.24, 2.45) is 0 Å². The van der Waals surface area contributed by atoms with Gasteiger partial charge >= 0.3 is 0 Å². The molecule has 2 aliphatic rings. The number of hydrogen-bond donors (Lipinski definition) is 0. The molecule has 1 unspecified atom stereocenters. The Morgan fingerprint density at radius 1 is 0.509 bits per heavy atom. The number of aromatic nitrogens is 4. The standard InChI is InChI=1S/C53H38N4/c1-53(2)44-22-12-9-19-37(44)40-31-43-42-30-35(34-25-27-48-41(29-34)38-20-11-14-24-47(38)56(48)36-17-7-4-8-18-36)26-28-49(42)57(50(43)32-45(40)53)52-54-46-23-13-10-21-39(46)51(55-52)33-15-5-3-6-16-33/h3-17,19-32,36H,18H2,1-2H3. The number of nitrogens with zero attached hydrogens (tertiary/aromatic N) is 4. The second kappa shape index (κ2) is 12.0. The maximum absolute atomic E-state index is 5.41. The van der Waals surface area contributed by atoms with E-state index < -0.39 is 0 Å². The topological polar surface area (TPSA) is 35.6 Å². The largest absolute Gasteiger partial charge is 0.333 e. The highest BCUT2D eigenvalue weighted by Crippen LogP contribution is 2.51. The number of hydrogen-bond acceptors (Lipinski definition) is 2. The molecule has 2 aliphatic carbocycles. The van der Waals surface area contributed by atoms with E-state index in [9.17, 15) is 0 Å². The summed E-state index contributed by atoms with van der Waals surface area (Å²) in [5.74, 6) is 0.675. The van der Waals surface area contributed by atoms with E-state index in [1.54, 1.807) is 0 Å². The minimum atomic E-state index is -0.149. The lowest BCUT2D eigenvalue weighted by Gasteiger charge is -2.21. The molecule has 0 amide bonds. The predicted molar refractivity (Wildman–Crippen MR) is 237 cm³/mol. The van der Waals surface area contributed by atoms with Crippen molar-refractivity contribution in [1.29, 1.82) is 0 Å². The lowest BCUT2D eigenvalue weighted by molar-refractivity contribution is 0.648. The Bertz CT molecular complexity index is 3360. The molecule has 0 bridgehead atoms. The number of rotatable bonds is 4. The third kappa shape index (κ3) is 4.68. The van der Waals surface area contributed by atoms with Crippen LogP contribution in [-0.2, 0) is 5.41 Å². The Morgan fingerprint density at radius 3 is 2.02 bits per heavy atom. The lowest BCUT2D eigenvalue weighted by atomic mass is 9.82. The average Bonchev–Trinajstić information content (AvgIpc) is 3.85. The van der Waals surface area contributed by atoms with E-state index in [-0.39, 0.29) is 5.41 Å². The number of para-hydroxylation sites is 2. The summed E-state index contributed by atoms with van der Waals surface area (Å²) in [4.78, 5) is 10.7. The summed E-state index contributed by atoms with van der Waals surface area (Å²) in [5.41, 5.74) is 15.2. The van der Waals surface area contributed by atoms with Crippen LogP contribution in [-0.4, -0.2) is 19.1 Å². The molecule has 0 N–H and O–H groups in total. The number of fused-ring (bicyclic) bond motifs is 10. The molecule has 3 heterocycles. The Morgan fingerprint density at radius 2 is 1.19 bits per heavy atom. The zero-order valence-electron chi connectivity index (χ0n) is 31.8. The molecule has 3 aromatic heterocycles. The molecule has 57 heavy (non-hydrogen) atoms. The summed E-state index contributed by atoms with van der Waals surface area (Å²) in [6.07, 6.45) is 9.91. The summed E-state index contributed by atoms with van der Waals surface area (Å²) in [7, 11) is 0. The van der Waals surface area contributed by atoms with Crippen molar-refractivity contribution >= 4 is 54.5 Å². The molecule has 0 radical (unpaired) electrons. The van der Waals surface area contributed by atoms with E-state index >= 15 is 0 Å². The maximum atomic E-state index is 5.41. The highest BCUT2D eigenvalue weighted by Gasteiger charge is 2.36. The number of benzene rings is 7. The van der Waals surface area contributed by atoms with E-state index in [4.69, 9.17) is 9.97 Å². The van der Waals surface area contributed by atoms with Crippen LogP contribution in [0.25, 0.3) is 94.0 Å². The van der Waals surface area contributed by atoms with Gasteiger partial charge in [-0.05, 0) is 88.3 Å². The molecule has 10 aromatic rings. The fraction of sp³-hybridized carbons (Fsp3) is 0.0943. The summed E-state index contributed by atoms with van der Waals surface area (Å²) < 4.78 is 4.81. The molecule has 7 aromatic carbocycles. The van der Waals surface area contributed by atoms with Crippen molar-refractivity contribution in [1.82, 2.24) is 19.1 Å². The molecule has 0 saturated carbocycles. The predicted octanol–water partition coefficient (Wildman–Crippen LogP) is 13.5. The van der Waals surface area contributed by atoms with Crippen LogP contribution in [0.5, 0.6) is 0 Å². The zero-order chi connectivity index (χ0) is 37.8. The minimum Gasteiger partial charge on any atom is -0.333 e. The van der Waals surface area contributed by atoms with Crippen molar-refractivity contribution in [3.05, 3.63) is 187 Å². The monoisotopic (exact) mass is 730 g/mol. The summed E-state index contributed by atoms with van der Waals surface area (Å²) >= 11 is 0. The van der Waals surface area contributed by atoms with Crippen molar-refractivity contribution in [3.63, 3.8) is 0 Å². The minimum absolute atomic E-state index is 0.149. The first-order chi connectivity index (χ1) is 28.0. The van der Waals surface area contributed by atoms with Crippen molar-refractivity contribution in [3.8, 4) is 39.5 Å². The van der Waals surface area contributed by atoms with E-state index in [0.717, 1.165) is 39.6 Å². The van der Waals surface area contributed by atoms with Gasteiger partial charge in [0.15, 0.2) is 0 Å². The van der Waals surface area contributed by atoms with Crippen LogP contribution in [0.4, 0.5) is 0 Å². The third-order valence-corrected chi connectivity index (χ3v) is 12.6. The molecule has 0 saturated heterocycles. The van der Waals surface area contributed by atoms with Crippen LogP contribution in [0.15, 0.2) is 176 Å². The Labute approximate surface area is 330 Å². The first-order valence-electron chi connectivity index (χ1n) is 19.9. The van der Waals surface area contributed by atoms with Gasteiger partial charge in [-0.3, -0.25) is 4.57 Å². The first kappa shape index (κ1) is 32.2. The van der Waals surface area contributed by atoms with Gasteiger partial charge in [0.25, 0.3) is 0 Å². The Hall–Kier alpha value is -7.04. The molecular weight excluding hydrogens is 693 g/mol. The normalized spacial score (nSPS) is 15.6. The van der Waals surface area contributed by atoms with Gasteiger partial charge in [-0.2, -0.15) is 0 Å². The quantitative estimate of drug-likeness (QED) is 0.181. The second-order valence-electron chi connectivity index (χ2n) is 16.1. The van der Waals surface area contributed by atoms with E-state index in [2.05, 4.69) is 199 Å². The van der Waals surface area contributed by atoms with Crippen LogP contribution in [0.2, 0.25) is 0 Å².